The van der Waals surface area contributed by atoms with E-state index in [2.05, 4.69) is 30.5 Å². The highest BCUT2D eigenvalue weighted by molar-refractivity contribution is 6.31. The zero-order valence-electron chi connectivity index (χ0n) is 21.9. The lowest BCUT2D eigenvalue weighted by atomic mass is 9.92. The first-order valence-electron chi connectivity index (χ1n) is 12.7. The predicted molar refractivity (Wildman–Crippen MR) is 127 cm³/mol. The normalized spacial score (nSPS) is 22.9. The van der Waals surface area contributed by atoms with Gasteiger partial charge in [-0.3, -0.25) is 9.78 Å². The van der Waals surface area contributed by atoms with Crippen LogP contribution in [0.15, 0.2) is 43.0 Å². The van der Waals surface area contributed by atoms with Crippen LogP contribution in [0.4, 0.5) is 8.78 Å². The van der Waals surface area contributed by atoms with Gasteiger partial charge in [-0.15, -0.1) is 5.10 Å². The molecule has 0 unspecified atom stereocenters. The number of nitrogens with zero attached hydrogens (tertiary/aromatic N) is 7. The molecule has 188 valence electrons. The molecule has 37 heavy (non-hydrogen) atoms. The van der Waals surface area contributed by atoms with Gasteiger partial charge in [-0.05, 0) is 53.5 Å². The van der Waals surface area contributed by atoms with Gasteiger partial charge in [0.1, 0.15) is 17.8 Å². The van der Waals surface area contributed by atoms with Crippen LogP contribution in [0.3, 0.4) is 0 Å². The molecule has 5 heterocycles. The minimum atomic E-state index is -2.99. The van der Waals surface area contributed by atoms with E-state index in [4.69, 9.17) is 14.3 Å². The summed E-state index contributed by atoms with van der Waals surface area (Å²) in [5.41, 5.74) is -0.112. The Balaban J connectivity index is 1.35. The Morgan fingerprint density at radius 1 is 1.24 bits per heavy atom. The zero-order chi connectivity index (χ0) is 28.4. The Kier molecular flexibility index (Phi) is 4.95. The molecule has 2 aliphatic heterocycles. The largest absolute Gasteiger partial charge is 0.390 e. The van der Waals surface area contributed by atoms with Gasteiger partial charge < -0.3 is 15.0 Å². The van der Waals surface area contributed by atoms with Crippen LogP contribution in [-0.4, -0.2) is 57.1 Å². The van der Waals surface area contributed by atoms with E-state index in [1.807, 2.05) is 0 Å². The van der Waals surface area contributed by atoms with Gasteiger partial charge in [-0.1, -0.05) is 11.6 Å². The van der Waals surface area contributed by atoms with E-state index in [1.165, 1.54) is 46.4 Å². The van der Waals surface area contributed by atoms with Crippen molar-refractivity contribution in [3.63, 3.8) is 0 Å². The number of pyridine rings is 1. The number of hydrogen-bond acceptors (Lipinski definition) is 7. The fourth-order valence-corrected chi connectivity index (χ4v) is 5.00. The van der Waals surface area contributed by atoms with E-state index >= 15 is 4.39 Å². The van der Waals surface area contributed by atoms with Gasteiger partial charge in [-0.2, -0.15) is 4.68 Å². The highest BCUT2D eigenvalue weighted by Gasteiger charge is 2.42. The molecule has 2 atom stereocenters. The van der Waals surface area contributed by atoms with Crippen molar-refractivity contribution in [1.29, 1.82) is 0 Å². The Hall–Kier alpha value is -4.03. The molecule has 0 bridgehead atoms. The summed E-state index contributed by atoms with van der Waals surface area (Å²) in [6.45, 7) is -2.99. The SMILES string of the molecule is [2H]C([2H])(O)c1nccc(-c2cnc([C@@H]3CC[C@]4([2H])CC(c5c(-n6cnnn6)ccc(Cl)c5F)=CC(=O)N34)[nH]2)c1F. The number of nitrogens with one attached hydrogen (secondary N) is 1. The second-order valence-corrected chi connectivity index (χ2v) is 8.91. The summed E-state index contributed by atoms with van der Waals surface area (Å²) in [6.07, 6.45) is 5.61. The minimum Gasteiger partial charge on any atom is -0.390 e. The molecule has 4 aromatic rings. The average Bonchev–Trinajstić information content (AvgIpc) is 3.65. The van der Waals surface area contributed by atoms with Gasteiger partial charge in [-0.25, -0.2) is 13.8 Å². The van der Waals surface area contributed by atoms with Gasteiger partial charge in [0.2, 0.25) is 5.91 Å². The van der Waals surface area contributed by atoms with Crippen LogP contribution in [-0.2, 0) is 11.4 Å². The summed E-state index contributed by atoms with van der Waals surface area (Å²) in [4.78, 5) is 25.7. The third kappa shape index (κ3) is 3.89. The number of carbonyl (C=O) groups is 1. The Labute approximate surface area is 217 Å². The van der Waals surface area contributed by atoms with Crippen LogP contribution in [0.25, 0.3) is 22.5 Å². The number of halogens is 3. The molecule has 3 aromatic heterocycles. The number of imidazole rings is 1. The predicted octanol–water partition coefficient (Wildman–Crippen LogP) is 3.39. The summed E-state index contributed by atoms with van der Waals surface area (Å²) < 4.78 is 55.5. The Morgan fingerprint density at radius 3 is 2.89 bits per heavy atom. The molecule has 0 aliphatic carbocycles. The van der Waals surface area contributed by atoms with Crippen LogP contribution in [0, 0.1) is 11.6 Å². The van der Waals surface area contributed by atoms with E-state index in [1.54, 1.807) is 0 Å². The first-order chi connectivity index (χ1) is 19.0. The quantitative estimate of drug-likeness (QED) is 0.407. The molecular formula is C24H19ClF2N8O2. The maximum Gasteiger partial charge on any atom is 0.247 e. The molecule has 0 saturated carbocycles. The second-order valence-electron chi connectivity index (χ2n) is 8.50. The molecule has 2 aliphatic rings. The number of carbonyl (C=O) groups excluding carboxylic acids is 1. The van der Waals surface area contributed by atoms with E-state index in [9.17, 15) is 15.7 Å². The fourth-order valence-electron chi connectivity index (χ4n) is 4.85. The minimum absolute atomic E-state index is 0.0108. The summed E-state index contributed by atoms with van der Waals surface area (Å²) in [5, 5.41) is 20.4. The van der Waals surface area contributed by atoms with E-state index in [0.29, 0.717) is 12.2 Å². The number of amides is 1. The summed E-state index contributed by atoms with van der Waals surface area (Å²) in [6, 6.07) is 2.09. The summed E-state index contributed by atoms with van der Waals surface area (Å²) in [5.74, 6) is -2.07. The standard InChI is InChI=1S/C24H19ClF2N8O2/c25-15-2-4-18(34-11-30-32-33-34)21(23(15)27)12-7-13-1-3-19(35(13)20(37)8-12)24-29-9-16(31-24)14-5-6-28-17(10-36)22(14)26/h2,4-6,8-9,11,13,19,36H,1,3,7,10H2,(H,29,31)/t13-,19+/m1/s1/i10D2,13D. The number of aliphatic hydroxyl groups is 1. The highest BCUT2D eigenvalue weighted by Crippen LogP contribution is 2.44. The molecule has 0 radical (unpaired) electrons. The molecule has 1 saturated heterocycles. The lowest BCUT2D eigenvalue weighted by Crippen LogP contribution is -2.39. The van der Waals surface area contributed by atoms with Crippen LogP contribution in [0.2, 0.25) is 5.02 Å². The number of rotatable bonds is 5. The topological polar surface area (TPSA) is 126 Å². The number of aromatic nitrogens is 7. The number of aromatic amines is 1. The molecule has 10 nitrogen and oxygen atoms in total. The van der Waals surface area contributed by atoms with Crippen LogP contribution in [0.1, 0.15) is 46.5 Å². The lowest BCUT2D eigenvalue weighted by Gasteiger charge is -2.33. The number of H-pyrrole nitrogens is 1. The molecule has 1 fully saturated rings. The summed E-state index contributed by atoms with van der Waals surface area (Å²) >= 11 is 6.07. The van der Waals surface area contributed by atoms with Crippen molar-refractivity contribution in [2.45, 2.75) is 37.9 Å². The van der Waals surface area contributed by atoms with Crippen molar-refractivity contribution in [3.8, 4) is 16.9 Å². The van der Waals surface area contributed by atoms with Crippen molar-refractivity contribution in [3.05, 3.63) is 76.7 Å². The van der Waals surface area contributed by atoms with Gasteiger partial charge in [0.15, 0.2) is 11.6 Å². The zero-order valence-corrected chi connectivity index (χ0v) is 19.6. The number of tetrazole rings is 1. The van der Waals surface area contributed by atoms with Crippen molar-refractivity contribution in [2.75, 3.05) is 0 Å². The van der Waals surface area contributed by atoms with Crippen LogP contribution < -0.4 is 0 Å². The lowest BCUT2D eigenvalue weighted by molar-refractivity contribution is -0.129. The number of benzene rings is 1. The van der Waals surface area contributed by atoms with Crippen molar-refractivity contribution in [2.24, 2.45) is 0 Å². The summed E-state index contributed by atoms with van der Waals surface area (Å²) in [7, 11) is 0. The molecule has 1 aromatic carbocycles. The van der Waals surface area contributed by atoms with E-state index in [-0.39, 0.29) is 45.9 Å². The van der Waals surface area contributed by atoms with Gasteiger partial charge in [0.25, 0.3) is 0 Å². The van der Waals surface area contributed by atoms with Crippen molar-refractivity contribution >= 4 is 23.1 Å². The second kappa shape index (κ2) is 9.12. The van der Waals surface area contributed by atoms with Crippen LogP contribution >= 0.6 is 11.6 Å². The van der Waals surface area contributed by atoms with Gasteiger partial charge in [0, 0.05) is 29.4 Å². The molecule has 13 heteroatoms. The molecule has 6 rings (SSSR count). The van der Waals surface area contributed by atoms with Crippen LogP contribution in [0.5, 0.6) is 0 Å². The van der Waals surface area contributed by atoms with Gasteiger partial charge >= 0.3 is 0 Å². The average molecular weight is 528 g/mol. The number of fused-ring (bicyclic) bond motifs is 1. The molecule has 1 amide bonds. The van der Waals surface area contributed by atoms with Gasteiger partial charge in [0.05, 0.1) is 39.3 Å². The monoisotopic (exact) mass is 527 g/mol. The molecule has 2 N–H and O–H groups in total. The first kappa shape index (κ1) is 20.1. The van der Waals surface area contributed by atoms with E-state index < -0.39 is 41.9 Å². The third-order valence-electron chi connectivity index (χ3n) is 6.47. The number of hydrogen-bond donors (Lipinski definition) is 2. The maximum absolute atomic E-state index is 15.3. The Bertz CT molecular complexity index is 1680. The third-order valence-corrected chi connectivity index (χ3v) is 6.77. The first-order valence-corrected chi connectivity index (χ1v) is 11.5. The smallest absolute Gasteiger partial charge is 0.247 e. The van der Waals surface area contributed by atoms with Crippen molar-refractivity contribution in [1.82, 2.24) is 40.1 Å². The van der Waals surface area contributed by atoms with Crippen molar-refractivity contribution < 1.29 is 22.8 Å². The highest BCUT2D eigenvalue weighted by atomic mass is 35.5. The fraction of sp³-hybridized carbons (Fsp3) is 0.250. The molecule has 0 spiro atoms. The maximum atomic E-state index is 15.3. The molecular weight excluding hydrogens is 506 g/mol. The van der Waals surface area contributed by atoms with E-state index in [0.717, 1.165) is 6.20 Å². The Morgan fingerprint density at radius 2 is 2.11 bits per heavy atom.